The molecule has 0 aliphatic carbocycles. The number of rotatable bonds is 2. The first-order chi connectivity index (χ1) is 3.55. The molecule has 0 amide bonds. The Morgan fingerprint density at radius 3 is 1.22 bits per heavy atom. The van der Waals surface area contributed by atoms with Gasteiger partial charge in [0.1, 0.15) is 0 Å². The fourth-order valence-corrected chi connectivity index (χ4v) is 0.0915. The maximum Gasteiger partial charge on any atom is 2.00 e. The van der Waals surface area contributed by atoms with Gasteiger partial charge < -0.3 is 13.1 Å². The first-order valence-corrected chi connectivity index (χ1v) is 1.56. The number of Topliss-reactive ketones (excluding diaryl/α,β-unsaturated/α-hetero) is 1. The molecule has 0 aromatic carbocycles. The molecule has 0 spiro atoms. The fraction of sp³-hybridized carbons (Fsp3) is 0. The summed E-state index contributed by atoms with van der Waals surface area (Å²) in [5, 5.41) is 15.2. The summed E-state index contributed by atoms with van der Waals surface area (Å²) >= 11 is 0. The number of hydrogen-bond donors (Lipinski definition) is 2. The van der Waals surface area contributed by atoms with Crippen LogP contribution in [-0.4, -0.2) is 65.7 Å². The van der Waals surface area contributed by atoms with Gasteiger partial charge in [-0.25, -0.2) is 9.59 Å². The van der Waals surface area contributed by atoms with Crippen molar-refractivity contribution in [3.05, 3.63) is 0 Å². The van der Waals surface area contributed by atoms with E-state index in [1.165, 1.54) is 0 Å². The van der Waals surface area contributed by atoms with Gasteiger partial charge in [-0.1, -0.05) is 0 Å². The van der Waals surface area contributed by atoms with Crippen LogP contribution in [0.4, 0.5) is 0 Å². The monoisotopic (exact) mass is 160 g/mol. The normalized spacial score (nSPS) is 7.11. The molecular formula is C3H4CaO5. The molecule has 0 fully saturated rings. The summed E-state index contributed by atoms with van der Waals surface area (Å²) in [5.41, 5.74) is 0. The average Bonchev–Trinajstić information content (AvgIpc) is 1.64. The number of carbonyl (C=O) groups is 3. The van der Waals surface area contributed by atoms with Gasteiger partial charge in [0.2, 0.25) is 0 Å². The van der Waals surface area contributed by atoms with Crippen LogP contribution >= 0.6 is 0 Å². The maximum atomic E-state index is 9.64. The van der Waals surface area contributed by atoms with Crippen LogP contribution in [0.5, 0.6) is 0 Å². The zero-order chi connectivity index (χ0) is 6.73. The number of aliphatic carboxylic acids is 2. The van der Waals surface area contributed by atoms with Gasteiger partial charge in [0, 0.05) is 0 Å². The summed E-state index contributed by atoms with van der Waals surface area (Å²) in [4.78, 5) is 28.5. The average molecular weight is 160 g/mol. The Hall–Kier alpha value is -0.130. The largest absolute Gasteiger partial charge is 2.00 e. The summed E-state index contributed by atoms with van der Waals surface area (Å²) in [6.45, 7) is 0. The molecule has 0 atom stereocenters. The van der Waals surface area contributed by atoms with E-state index in [1.807, 2.05) is 0 Å². The Bertz CT molecular complexity index is 142. The van der Waals surface area contributed by atoms with E-state index in [9.17, 15) is 14.4 Å². The third-order valence-corrected chi connectivity index (χ3v) is 0.388. The Labute approximate surface area is 82.6 Å². The first-order valence-electron chi connectivity index (χ1n) is 1.56. The van der Waals surface area contributed by atoms with Crippen LogP contribution in [0.3, 0.4) is 0 Å². The van der Waals surface area contributed by atoms with Gasteiger partial charge in [-0.15, -0.1) is 0 Å². The molecule has 0 unspecified atom stereocenters. The Kier molecular flexibility index (Phi) is 6.11. The van der Waals surface area contributed by atoms with Gasteiger partial charge in [0.05, 0.1) is 0 Å². The Morgan fingerprint density at radius 1 is 1.00 bits per heavy atom. The third-order valence-electron chi connectivity index (χ3n) is 0.388. The summed E-state index contributed by atoms with van der Waals surface area (Å²) in [6, 6.07) is 0. The predicted molar refractivity (Wildman–Crippen MR) is 28.3 cm³/mol. The number of hydrogen-bond acceptors (Lipinski definition) is 3. The van der Waals surface area contributed by atoms with Crippen molar-refractivity contribution >= 4 is 55.5 Å². The van der Waals surface area contributed by atoms with E-state index >= 15 is 0 Å². The van der Waals surface area contributed by atoms with Crippen LogP contribution in [0.25, 0.3) is 0 Å². The topological polar surface area (TPSA) is 91.7 Å². The van der Waals surface area contributed by atoms with E-state index in [4.69, 9.17) is 10.2 Å². The van der Waals surface area contributed by atoms with Gasteiger partial charge in [-0.05, 0) is 0 Å². The molecule has 0 bridgehead atoms. The minimum atomic E-state index is -1.95. The number of carboxylic acid groups (broad SMARTS) is 2. The summed E-state index contributed by atoms with van der Waals surface area (Å²) < 4.78 is 0. The summed E-state index contributed by atoms with van der Waals surface area (Å²) in [5.74, 6) is -5.71. The molecule has 0 aromatic heterocycles. The smallest absolute Gasteiger partial charge is 1.00 e. The molecule has 5 nitrogen and oxygen atoms in total. The van der Waals surface area contributed by atoms with Crippen molar-refractivity contribution in [3.8, 4) is 0 Å². The molecule has 0 saturated heterocycles. The molecule has 0 aromatic rings. The van der Waals surface area contributed by atoms with Gasteiger partial charge in [0.25, 0.3) is 0 Å². The first kappa shape index (κ1) is 11.6. The van der Waals surface area contributed by atoms with Crippen LogP contribution in [0, 0.1) is 0 Å². The molecule has 0 heterocycles. The molecule has 0 saturated carbocycles. The van der Waals surface area contributed by atoms with E-state index < -0.39 is 17.7 Å². The van der Waals surface area contributed by atoms with E-state index in [0.717, 1.165) is 0 Å². The van der Waals surface area contributed by atoms with E-state index in [0.29, 0.717) is 0 Å². The van der Waals surface area contributed by atoms with Gasteiger partial charge >= 0.3 is 55.5 Å². The maximum absolute atomic E-state index is 9.64. The van der Waals surface area contributed by atoms with Crippen molar-refractivity contribution in [3.63, 3.8) is 0 Å². The second kappa shape index (κ2) is 4.72. The molecular weight excluding hydrogens is 156 g/mol. The number of ketones is 1. The third kappa shape index (κ3) is 4.38. The molecule has 6 heteroatoms. The van der Waals surface area contributed by atoms with Crippen LogP contribution < -0.4 is 0 Å². The van der Waals surface area contributed by atoms with Crippen molar-refractivity contribution in [2.75, 3.05) is 0 Å². The van der Waals surface area contributed by atoms with Crippen molar-refractivity contribution in [1.29, 1.82) is 0 Å². The van der Waals surface area contributed by atoms with Crippen LogP contribution in [0.2, 0.25) is 0 Å². The molecule has 0 radical (unpaired) electrons. The number of carboxylic acids is 2. The standard InChI is InChI=1S/C3H2O5.Ca.2H/c4-1(2(5)6)3(7)8;;;/h(H,5,6)(H,7,8);;;/q;+2;2*-1. The minimum Gasteiger partial charge on any atom is -1.00 e. The van der Waals surface area contributed by atoms with Gasteiger partial charge in [-0.3, -0.25) is 4.79 Å². The van der Waals surface area contributed by atoms with E-state index in [-0.39, 0.29) is 40.6 Å². The SMILES string of the molecule is O=C(O)C(=O)C(=O)O.[Ca+2].[H-].[H-]. The number of carbonyl (C=O) groups excluding carboxylic acids is 1. The van der Waals surface area contributed by atoms with E-state index in [1.54, 1.807) is 0 Å². The Balaban J connectivity index is -0.0000000817. The predicted octanol–water partition coefficient (Wildman–Crippen LogP) is -1.43. The Morgan fingerprint density at radius 2 is 1.22 bits per heavy atom. The van der Waals surface area contributed by atoms with Crippen molar-refractivity contribution in [2.24, 2.45) is 0 Å². The van der Waals surface area contributed by atoms with Crippen molar-refractivity contribution in [2.45, 2.75) is 0 Å². The van der Waals surface area contributed by atoms with Crippen LogP contribution in [0.15, 0.2) is 0 Å². The van der Waals surface area contributed by atoms with Gasteiger partial charge in [0.15, 0.2) is 0 Å². The quantitative estimate of drug-likeness (QED) is 0.293. The zero-order valence-electron chi connectivity index (χ0n) is 6.33. The zero-order valence-corrected chi connectivity index (χ0v) is 6.53. The summed E-state index contributed by atoms with van der Waals surface area (Å²) in [6.07, 6.45) is 0. The van der Waals surface area contributed by atoms with E-state index in [2.05, 4.69) is 0 Å². The minimum absolute atomic E-state index is 0. The van der Waals surface area contributed by atoms with Crippen molar-refractivity contribution in [1.82, 2.24) is 0 Å². The molecule has 0 rings (SSSR count). The molecule has 0 aliphatic heterocycles. The van der Waals surface area contributed by atoms with Gasteiger partial charge in [-0.2, -0.15) is 0 Å². The van der Waals surface area contributed by atoms with Crippen LogP contribution in [0.1, 0.15) is 2.85 Å². The molecule has 0 aliphatic rings. The molecule has 9 heavy (non-hydrogen) atoms. The second-order valence-corrected chi connectivity index (χ2v) is 0.939. The molecule has 48 valence electrons. The van der Waals surface area contributed by atoms with Crippen LogP contribution in [-0.2, 0) is 14.4 Å². The molecule has 2 N–H and O–H groups in total. The second-order valence-electron chi connectivity index (χ2n) is 0.939. The summed E-state index contributed by atoms with van der Waals surface area (Å²) in [7, 11) is 0. The fourth-order valence-electron chi connectivity index (χ4n) is 0.0915. The van der Waals surface area contributed by atoms with Crippen molar-refractivity contribution < 1.29 is 27.4 Å².